The topological polar surface area (TPSA) is 52.3 Å². The monoisotopic (exact) mass is 335 g/mol. The summed E-state index contributed by atoms with van der Waals surface area (Å²) in [6.07, 6.45) is 11.2. The quantitative estimate of drug-likeness (QED) is 0.617. The molecule has 1 aromatic rings. The fourth-order valence-corrected chi connectivity index (χ4v) is 3.38. The number of methoxy groups -OCH3 is 1. The zero-order chi connectivity index (χ0) is 17.8. The van der Waals surface area contributed by atoms with Gasteiger partial charge in [0.05, 0.1) is 12.7 Å². The molecule has 0 saturated carbocycles. The van der Waals surface area contributed by atoms with Gasteiger partial charge in [-0.05, 0) is 59.3 Å². The van der Waals surface area contributed by atoms with E-state index in [2.05, 4.69) is 25.1 Å². The minimum atomic E-state index is -0.302. The number of rotatable bonds is 6. The van der Waals surface area contributed by atoms with Gasteiger partial charge in [-0.3, -0.25) is 0 Å². The van der Waals surface area contributed by atoms with Crippen molar-refractivity contribution in [1.29, 1.82) is 0 Å². The number of ether oxygens (including phenoxy) is 1. The summed E-state index contributed by atoms with van der Waals surface area (Å²) in [4.78, 5) is 12.3. The van der Waals surface area contributed by atoms with Crippen molar-refractivity contribution in [1.82, 2.24) is 0 Å². The average Bonchev–Trinajstić information content (AvgIpc) is 3.14. The number of nitrogens with two attached hydrogens (primary N) is 1. The fourth-order valence-electron chi connectivity index (χ4n) is 3.38. The van der Waals surface area contributed by atoms with E-state index in [0.717, 1.165) is 36.1 Å². The second-order valence-electron chi connectivity index (χ2n) is 6.69. The summed E-state index contributed by atoms with van der Waals surface area (Å²) in [6.45, 7) is 2.19. The van der Waals surface area contributed by atoms with Gasteiger partial charge in [-0.15, -0.1) is 0 Å². The van der Waals surface area contributed by atoms with Crippen LogP contribution in [0.2, 0.25) is 0 Å². The van der Waals surface area contributed by atoms with Gasteiger partial charge in [0.2, 0.25) is 0 Å². The van der Waals surface area contributed by atoms with Crippen molar-refractivity contribution in [3.63, 3.8) is 0 Å². The first-order chi connectivity index (χ1) is 12.1. The molecular formula is C22H25NO2. The maximum absolute atomic E-state index is 12.3. The molecule has 2 aliphatic rings. The minimum Gasteiger partial charge on any atom is -0.465 e. The van der Waals surface area contributed by atoms with Crippen LogP contribution in [0.15, 0.2) is 64.9 Å². The first kappa shape index (κ1) is 17.3. The van der Waals surface area contributed by atoms with Crippen LogP contribution in [0.25, 0.3) is 5.57 Å². The molecule has 2 N–H and O–H groups in total. The highest BCUT2D eigenvalue weighted by Gasteiger charge is 2.21. The zero-order valence-corrected chi connectivity index (χ0v) is 15.0. The third-order valence-corrected chi connectivity index (χ3v) is 4.74. The van der Waals surface area contributed by atoms with Crippen molar-refractivity contribution in [2.75, 3.05) is 7.11 Å². The molecule has 130 valence electrons. The van der Waals surface area contributed by atoms with E-state index in [1.807, 2.05) is 24.3 Å². The van der Waals surface area contributed by atoms with Crippen LogP contribution in [-0.2, 0) is 16.0 Å². The molecule has 2 aliphatic carbocycles. The predicted octanol–water partition coefficient (Wildman–Crippen LogP) is 4.46. The first-order valence-corrected chi connectivity index (χ1v) is 8.88. The normalized spacial score (nSPS) is 16.6. The Morgan fingerprint density at radius 2 is 1.88 bits per heavy atom. The molecule has 0 fully saturated rings. The first-order valence-electron chi connectivity index (χ1n) is 8.88. The van der Waals surface area contributed by atoms with E-state index in [1.165, 1.54) is 36.7 Å². The Kier molecular flexibility index (Phi) is 5.22. The molecule has 0 atom stereocenters. The smallest absolute Gasteiger partial charge is 0.338 e. The summed E-state index contributed by atoms with van der Waals surface area (Å²) < 4.78 is 5.00. The molecule has 0 amide bonds. The van der Waals surface area contributed by atoms with E-state index in [1.54, 1.807) is 0 Å². The third-order valence-electron chi connectivity index (χ3n) is 4.74. The molecule has 0 unspecified atom stereocenters. The molecule has 0 aromatic heterocycles. The van der Waals surface area contributed by atoms with E-state index in [9.17, 15) is 4.79 Å². The Morgan fingerprint density at radius 3 is 2.52 bits per heavy atom. The standard InChI is InChI=1S/C22H25NO2/c1-3-4-5-15-6-8-17(9-7-15)21(22(24)25-2)12-16-10-18-13-20(23)14-19(18)11-16/h6-10,12,14H,3-5,11,13,23H2,1-2H3/b21-12-. The minimum absolute atomic E-state index is 0.302. The van der Waals surface area contributed by atoms with Crippen molar-refractivity contribution in [2.45, 2.75) is 39.0 Å². The molecule has 3 rings (SSSR count). The SMILES string of the molecule is CCCCc1ccc(/C(=C/C2=CC3=C(C=C(N)C3)C2)C(=O)OC)cc1. The van der Waals surface area contributed by atoms with Crippen molar-refractivity contribution >= 4 is 11.5 Å². The molecule has 0 bridgehead atoms. The van der Waals surface area contributed by atoms with Crippen molar-refractivity contribution in [3.05, 3.63) is 76.0 Å². The highest BCUT2D eigenvalue weighted by Crippen LogP contribution is 2.36. The Morgan fingerprint density at radius 1 is 1.16 bits per heavy atom. The van der Waals surface area contributed by atoms with Gasteiger partial charge < -0.3 is 10.5 Å². The Balaban J connectivity index is 1.81. The lowest BCUT2D eigenvalue weighted by molar-refractivity contribution is -0.133. The van der Waals surface area contributed by atoms with Gasteiger partial charge in [-0.25, -0.2) is 4.79 Å². The van der Waals surface area contributed by atoms with Crippen LogP contribution < -0.4 is 5.73 Å². The largest absolute Gasteiger partial charge is 0.465 e. The Hall–Kier alpha value is -2.55. The van der Waals surface area contributed by atoms with Crippen LogP contribution >= 0.6 is 0 Å². The maximum Gasteiger partial charge on any atom is 0.338 e. The Labute approximate surface area is 149 Å². The van der Waals surface area contributed by atoms with Crippen molar-refractivity contribution in [3.8, 4) is 0 Å². The number of benzene rings is 1. The molecule has 0 heterocycles. The summed E-state index contributed by atoms with van der Waals surface area (Å²) in [6, 6.07) is 8.24. The van der Waals surface area contributed by atoms with Gasteiger partial charge in [-0.2, -0.15) is 0 Å². The number of unbranched alkanes of at least 4 members (excludes halogenated alkanes) is 1. The highest BCUT2D eigenvalue weighted by molar-refractivity contribution is 6.17. The number of allylic oxidation sites excluding steroid dienone is 6. The van der Waals surface area contributed by atoms with Crippen LogP contribution in [-0.4, -0.2) is 13.1 Å². The molecule has 0 radical (unpaired) electrons. The van der Waals surface area contributed by atoms with Gasteiger partial charge in [0.1, 0.15) is 0 Å². The number of carbonyl (C=O) groups excluding carboxylic acids is 1. The summed E-state index contributed by atoms with van der Waals surface area (Å²) in [5, 5.41) is 0. The third kappa shape index (κ3) is 3.93. The van der Waals surface area contributed by atoms with Crippen LogP contribution in [0, 0.1) is 0 Å². The number of hydrogen-bond donors (Lipinski definition) is 1. The zero-order valence-electron chi connectivity index (χ0n) is 15.0. The molecule has 0 aliphatic heterocycles. The summed E-state index contributed by atoms with van der Waals surface area (Å²) >= 11 is 0. The van der Waals surface area contributed by atoms with E-state index < -0.39 is 0 Å². The van der Waals surface area contributed by atoms with Gasteiger partial charge in [0.25, 0.3) is 0 Å². The van der Waals surface area contributed by atoms with Gasteiger partial charge in [0.15, 0.2) is 0 Å². The lowest BCUT2D eigenvalue weighted by Gasteiger charge is -2.08. The highest BCUT2D eigenvalue weighted by atomic mass is 16.5. The predicted molar refractivity (Wildman–Crippen MR) is 102 cm³/mol. The van der Waals surface area contributed by atoms with Crippen LogP contribution in [0.3, 0.4) is 0 Å². The fraction of sp³-hybridized carbons (Fsp3) is 0.318. The van der Waals surface area contributed by atoms with Crippen LogP contribution in [0.1, 0.15) is 43.7 Å². The van der Waals surface area contributed by atoms with Crippen molar-refractivity contribution in [2.24, 2.45) is 5.73 Å². The lowest BCUT2D eigenvalue weighted by Crippen LogP contribution is -2.04. The molecule has 3 heteroatoms. The molecule has 3 nitrogen and oxygen atoms in total. The van der Waals surface area contributed by atoms with E-state index >= 15 is 0 Å². The molecule has 0 saturated heterocycles. The van der Waals surface area contributed by atoms with Crippen LogP contribution in [0.5, 0.6) is 0 Å². The summed E-state index contributed by atoms with van der Waals surface area (Å²) in [7, 11) is 1.43. The second-order valence-corrected chi connectivity index (χ2v) is 6.69. The maximum atomic E-state index is 12.3. The van der Waals surface area contributed by atoms with E-state index in [4.69, 9.17) is 10.5 Å². The van der Waals surface area contributed by atoms with E-state index in [-0.39, 0.29) is 5.97 Å². The number of esters is 1. The number of carbonyl (C=O) groups is 1. The van der Waals surface area contributed by atoms with Gasteiger partial charge >= 0.3 is 5.97 Å². The molecule has 25 heavy (non-hydrogen) atoms. The van der Waals surface area contributed by atoms with E-state index in [0.29, 0.717) is 5.57 Å². The summed E-state index contributed by atoms with van der Waals surface area (Å²) in [5.41, 5.74) is 13.3. The number of hydrogen-bond acceptors (Lipinski definition) is 3. The second kappa shape index (κ2) is 7.56. The summed E-state index contributed by atoms with van der Waals surface area (Å²) in [5.74, 6) is -0.302. The molecule has 1 aromatic carbocycles. The number of aryl methyl sites for hydroxylation is 1. The van der Waals surface area contributed by atoms with Crippen molar-refractivity contribution < 1.29 is 9.53 Å². The average molecular weight is 335 g/mol. The van der Waals surface area contributed by atoms with Crippen LogP contribution in [0.4, 0.5) is 0 Å². The van der Waals surface area contributed by atoms with Gasteiger partial charge in [0, 0.05) is 12.1 Å². The van der Waals surface area contributed by atoms with Gasteiger partial charge in [-0.1, -0.05) is 43.7 Å². The molecular weight excluding hydrogens is 310 g/mol. The molecule has 0 spiro atoms. The Bertz CT molecular complexity index is 792. The lowest BCUT2D eigenvalue weighted by atomic mass is 9.99.